The first kappa shape index (κ1) is 11.2. The Morgan fingerprint density at radius 1 is 1.50 bits per heavy atom. The Labute approximate surface area is 86.3 Å². The topological polar surface area (TPSA) is 43.8 Å². The molecule has 14 heavy (non-hydrogen) atoms. The van der Waals surface area contributed by atoms with Crippen molar-refractivity contribution >= 4 is 0 Å². The van der Waals surface area contributed by atoms with Gasteiger partial charge in [-0.3, -0.25) is 0 Å². The molecule has 0 saturated heterocycles. The van der Waals surface area contributed by atoms with Crippen molar-refractivity contribution in [3.8, 4) is 0 Å². The summed E-state index contributed by atoms with van der Waals surface area (Å²) >= 11 is 0. The smallest absolute Gasteiger partial charge is 0.108 e. The van der Waals surface area contributed by atoms with Crippen LogP contribution in [0.15, 0.2) is 12.4 Å². The lowest BCUT2D eigenvalue weighted by Gasteiger charge is -2.09. The van der Waals surface area contributed by atoms with Gasteiger partial charge < -0.3 is 10.3 Å². The molecule has 0 aliphatic heterocycles. The molecule has 0 bridgehead atoms. The predicted octanol–water partition coefficient (Wildman–Crippen LogP) is 1.87. The summed E-state index contributed by atoms with van der Waals surface area (Å²) in [5.41, 5.74) is 5.93. The standard InChI is InChI=1S/C11H21N3/c1-3-5-10(12)6-4-7-11-13-8-9-14(11)2/h8-10H,3-7,12H2,1-2H3. The van der Waals surface area contributed by atoms with Crippen LogP contribution >= 0.6 is 0 Å². The van der Waals surface area contributed by atoms with Gasteiger partial charge in [-0.2, -0.15) is 0 Å². The van der Waals surface area contributed by atoms with Crippen molar-refractivity contribution in [1.29, 1.82) is 0 Å². The average molecular weight is 195 g/mol. The van der Waals surface area contributed by atoms with E-state index in [-0.39, 0.29) is 0 Å². The highest BCUT2D eigenvalue weighted by Crippen LogP contribution is 2.06. The minimum Gasteiger partial charge on any atom is -0.338 e. The Balaban J connectivity index is 2.19. The van der Waals surface area contributed by atoms with Gasteiger partial charge in [-0.1, -0.05) is 13.3 Å². The molecule has 0 aliphatic carbocycles. The molecule has 0 aromatic carbocycles. The maximum absolute atomic E-state index is 5.93. The summed E-state index contributed by atoms with van der Waals surface area (Å²) < 4.78 is 2.07. The van der Waals surface area contributed by atoms with Crippen LogP contribution in [-0.2, 0) is 13.5 Å². The van der Waals surface area contributed by atoms with Crippen LogP contribution in [0.1, 0.15) is 38.4 Å². The van der Waals surface area contributed by atoms with E-state index in [4.69, 9.17) is 5.73 Å². The molecule has 1 rings (SSSR count). The van der Waals surface area contributed by atoms with Crippen molar-refractivity contribution in [2.24, 2.45) is 12.8 Å². The van der Waals surface area contributed by atoms with Crippen LogP contribution in [0.25, 0.3) is 0 Å². The van der Waals surface area contributed by atoms with Crippen molar-refractivity contribution in [1.82, 2.24) is 9.55 Å². The quantitative estimate of drug-likeness (QED) is 0.753. The first-order chi connectivity index (χ1) is 6.74. The van der Waals surface area contributed by atoms with Gasteiger partial charge in [0.2, 0.25) is 0 Å². The maximum atomic E-state index is 5.93. The molecule has 0 aliphatic rings. The molecule has 0 spiro atoms. The van der Waals surface area contributed by atoms with Crippen molar-refractivity contribution in [3.05, 3.63) is 18.2 Å². The monoisotopic (exact) mass is 195 g/mol. The van der Waals surface area contributed by atoms with E-state index in [1.807, 2.05) is 19.4 Å². The fourth-order valence-corrected chi connectivity index (χ4v) is 1.67. The van der Waals surface area contributed by atoms with Gasteiger partial charge in [0.1, 0.15) is 5.82 Å². The summed E-state index contributed by atoms with van der Waals surface area (Å²) in [5.74, 6) is 1.16. The number of nitrogens with zero attached hydrogens (tertiary/aromatic N) is 2. The van der Waals surface area contributed by atoms with Crippen LogP contribution in [0.4, 0.5) is 0 Å². The molecule has 1 heterocycles. The summed E-state index contributed by atoms with van der Waals surface area (Å²) in [7, 11) is 2.04. The van der Waals surface area contributed by atoms with E-state index in [2.05, 4.69) is 16.5 Å². The number of aromatic nitrogens is 2. The Bertz CT molecular complexity index is 255. The zero-order chi connectivity index (χ0) is 10.4. The van der Waals surface area contributed by atoms with Gasteiger partial charge in [0.15, 0.2) is 0 Å². The molecule has 0 radical (unpaired) electrons. The first-order valence-electron chi connectivity index (χ1n) is 5.45. The van der Waals surface area contributed by atoms with E-state index in [1.165, 1.54) is 6.42 Å². The molecule has 0 saturated carbocycles. The normalized spacial score (nSPS) is 13.1. The number of imidazole rings is 1. The largest absolute Gasteiger partial charge is 0.338 e. The minimum atomic E-state index is 0.375. The summed E-state index contributed by atoms with van der Waals surface area (Å²) in [6.45, 7) is 2.18. The lowest BCUT2D eigenvalue weighted by atomic mass is 10.1. The van der Waals surface area contributed by atoms with Crippen molar-refractivity contribution < 1.29 is 0 Å². The molecule has 1 aromatic rings. The van der Waals surface area contributed by atoms with E-state index in [0.29, 0.717) is 6.04 Å². The van der Waals surface area contributed by atoms with Crippen LogP contribution in [0, 0.1) is 0 Å². The zero-order valence-corrected chi connectivity index (χ0v) is 9.24. The number of nitrogens with two attached hydrogens (primary N) is 1. The Kier molecular flexibility index (Phi) is 4.66. The number of aryl methyl sites for hydroxylation is 2. The fourth-order valence-electron chi connectivity index (χ4n) is 1.67. The molecule has 1 unspecified atom stereocenters. The molecule has 0 amide bonds. The summed E-state index contributed by atoms with van der Waals surface area (Å²) in [4.78, 5) is 4.28. The predicted molar refractivity (Wildman–Crippen MR) is 59.0 cm³/mol. The van der Waals surface area contributed by atoms with Crippen LogP contribution in [-0.4, -0.2) is 15.6 Å². The number of rotatable bonds is 6. The zero-order valence-electron chi connectivity index (χ0n) is 9.24. The summed E-state index contributed by atoms with van der Waals surface area (Å²) in [5, 5.41) is 0. The third kappa shape index (κ3) is 3.50. The van der Waals surface area contributed by atoms with Gasteiger partial charge in [-0.25, -0.2) is 4.98 Å². The van der Waals surface area contributed by atoms with Gasteiger partial charge in [-0.15, -0.1) is 0 Å². The highest BCUT2D eigenvalue weighted by atomic mass is 15.0. The van der Waals surface area contributed by atoms with Crippen molar-refractivity contribution in [3.63, 3.8) is 0 Å². The third-order valence-corrected chi connectivity index (χ3v) is 2.56. The van der Waals surface area contributed by atoms with Gasteiger partial charge in [0, 0.05) is 31.9 Å². The molecule has 2 N–H and O–H groups in total. The van der Waals surface area contributed by atoms with Crippen LogP contribution in [0.2, 0.25) is 0 Å². The second-order valence-electron chi connectivity index (χ2n) is 3.90. The van der Waals surface area contributed by atoms with E-state index in [1.54, 1.807) is 0 Å². The molecule has 1 aromatic heterocycles. The fraction of sp³-hybridized carbons (Fsp3) is 0.727. The van der Waals surface area contributed by atoms with Crippen molar-refractivity contribution in [2.45, 2.75) is 45.1 Å². The Morgan fingerprint density at radius 2 is 2.29 bits per heavy atom. The van der Waals surface area contributed by atoms with Crippen LogP contribution in [0.3, 0.4) is 0 Å². The minimum absolute atomic E-state index is 0.375. The van der Waals surface area contributed by atoms with Crippen LogP contribution < -0.4 is 5.73 Å². The second kappa shape index (κ2) is 5.81. The molecular formula is C11H21N3. The van der Waals surface area contributed by atoms with E-state index >= 15 is 0 Å². The van der Waals surface area contributed by atoms with E-state index in [9.17, 15) is 0 Å². The molecule has 0 fully saturated rings. The van der Waals surface area contributed by atoms with Gasteiger partial charge in [0.25, 0.3) is 0 Å². The third-order valence-electron chi connectivity index (χ3n) is 2.56. The average Bonchev–Trinajstić information content (AvgIpc) is 2.52. The highest BCUT2D eigenvalue weighted by molar-refractivity contribution is 4.91. The molecule has 3 nitrogen and oxygen atoms in total. The summed E-state index contributed by atoms with van der Waals surface area (Å²) in [6.07, 6.45) is 9.46. The summed E-state index contributed by atoms with van der Waals surface area (Å²) in [6, 6.07) is 0.375. The Morgan fingerprint density at radius 3 is 2.86 bits per heavy atom. The van der Waals surface area contributed by atoms with Crippen molar-refractivity contribution in [2.75, 3.05) is 0 Å². The van der Waals surface area contributed by atoms with Gasteiger partial charge in [0.05, 0.1) is 0 Å². The molecule has 1 atom stereocenters. The molecule has 3 heteroatoms. The molecular weight excluding hydrogens is 174 g/mol. The van der Waals surface area contributed by atoms with Crippen LogP contribution in [0.5, 0.6) is 0 Å². The Hall–Kier alpha value is -0.830. The highest BCUT2D eigenvalue weighted by Gasteiger charge is 2.03. The second-order valence-corrected chi connectivity index (χ2v) is 3.90. The number of hydrogen-bond acceptors (Lipinski definition) is 2. The van der Waals surface area contributed by atoms with Gasteiger partial charge in [-0.05, 0) is 19.3 Å². The van der Waals surface area contributed by atoms with Gasteiger partial charge >= 0.3 is 0 Å². The first-order valence-corrected chi connectivity index (χ1v) is 5.45. The lowest BCUT2D eigenvalue weighted by molar-refractivity contribution is 0.532. The number of hydrogen-bond donors (Lipinski definition) is 1. The SMILES string of the molecule is CCCC(N)CCCc1nccn1C. The van der Waals surface area contributed by atoms with E-state index in [0.717, 1.165) is 31.5 Å². The maximum Gasteiger partial charge on any atom is 0.108 e. The lowest BCUT2D eigenvalue weighted by Crippen LogP contribution is -2.19. The molecule has 80 valence electrons. The van der Waals surface area contributed by atoms with E-state index < -0.39 is 0 Å².